The van der Waals surface area contributed by atoms with Crippen LogP contribution in [0.3, 0.4) is 0 Å². The van der Waals surface area contributed by atoms with Gasteiger partial charge in [0.05, 0.1) is 28.6 Å². The lowest BCUT2D eigenvalue weighted by Gasteiger charge is -2.43. The van der Waals surface area contributed by atoms with Crippen LogP contribution in [0.1, 0.15) is 72.6 Å². The molecule has 1 spiro atoms. The molecular formula is C29H49FN6O3S. The van der Waals surface area contributed by atoms with Crippen molar-refractivity contribution in [2.24, 2.45) is 33.7 Å². The summed E-state index contributed by atoms with van der Waals surface area (Å²) in [5, 5.41) is 6.40. The number of halogens is 1. The number of nitrogens with zero attached hydrogens (tertiary/aromatic N) is 2. The fraction of sp³-hybridized carbons (Fsp3) is 0.793. The third-order valence-electron chi connectivity index (χ3n) is 9.76. The van der Waals surface area contributed by atoms with Gasteiger partial charge < -0.3 is 27.0 Å². The summed E-state index contributed by atoms with van der Waals surface area (Å²) in [7, 11) is -3.24. The maximum absolute atomic E-state index is 14.5. The molecule has 0 aromatic carbocycles. The lowest BCUT2D eigenvalue weighted by Crippen LogP contribution is -2.60. The molecule has 0 bridgehead atoms. The van der Waals surface area contributed by atoms with Crippen LogP contribution in [0.2, 0.25) is 0 Å². The number of hydrogen-bond acceptors (Lipinski definition) is 8. The van der Waals surface area contributed by atoms with Gasteiger partial charge in [0.1, 0.15) is 11.9 Å². The minimum absolute atomic E-state index is 0.0429. The molecule has 9 nitrogen and oxygen atoms in total. The van der Waals surface area contributed by atoms with Crippen LogP contribution in [0.15, 0.2) is 28.7 Å². The Labute approximate surface area is 239 Å². The Hall–Kier alpha value is -1.82. The molecule has 3 aliphatic heterocycles. The van der Waals surface area contributed by atoms with Crippen molar-refractivity contribution >= 4 is 22.0 Å². The fourth-order valence-corrected chi connectivity index (χ4v) is 8.19. The van der Waals surface area contributed by atoms with E-state index in [1.165, 1.54) is 0 Å². The molecule has 0 aromatic heterocycles. The standard InChI is InChI=1S/C29H49FN6O3S/c1-5-19(2)21-14-24(36-12-13-40(38,39)28(3,4)18-36)23(17-34-21)35-27(37)25(26(31)32)22-15-29(9-6-7-10-29)11-8-20(30)16-33-22/h8,14,17,19,21-23,25-26,33H,5-7,9-13,15-16,18,31-32H2,1-4H3,(H,35,37). The zero-order chi connectivity index (χ0) is 29.3. The van der Waals surface area contributed by atoms with Crippen LogP contribution in [-0.2, 0) is 14.6 Å². The van der Waals surface area contributed by atoms with Gasteiger partial charge in [0, 0.05) is 37.6 Å². The number of dihydropyridines is 1. The van der Waals surface area contributed by atoms with Gasteiger partial charge in [0.15, 0.2) is 9.84 Å². The second kappa shape index (κ2) is 12.2. The van der Waals surface area contributed by atoms with E-state index in [9.17, 15) is 17.6 Å². The maximum atomic E-state index is 14.5. The zero-order valence-electron chi connectivity index (χ0n) is 24.5. The number of carbonyl (C=O) groups is 1. The largest absolute Gasteiger partial charge is 0.370 e. The van der Waals surface area contributed by atoms with E-state index in [1.807, 2.05) is 0 Å². The first-order valence-electron chi connectivity index (χ1n) is 14.9. The van der Waals surface area contributed by atoms with Crippen LogP contribution in [0.25, 0.3) is 0 Å². The molecule has 11 heteroatoms. The molecular weight excluding hydrogens is 531 g/mol. The summed E-state index contributed by atoms with van der Waals surface area (Å²) in [6.45, 7) is 8.47. The Morgan fingerprint density at radius 3 is 2.62 bits per heavy atom. The average molecular weight is 581 g/mol. The highest BCUT2D eigenvalue weighted by Gasteiger charge is 2.44. The molecule has 1 amide bonds. The third kappa shape index (κ3) is 6.63. The fourth-order valence-electron chi connectivity index (χ4n) is 6.83. The maximum Gasteiger partial charge on any atom is 0.228 e. The van der Waals surface area contributed by atoms with E-state index in [-0.39, 0.29) is 41.5 Å². The highest BCUT2D eigenvalue weighted by molar-refractivity contribution is 7.92. The number of aliphatic imine (C=N–C) groups is 1. The number of nitrogens with two attached hydrogens (primary N) is 2. The van der Waals surface area contributed by atoms with Gasteiger partial charge in [0.2, 0.25) is 5.91 Å². The van der Waals surface area contributed by atoms with Crippen molar-refractivity contribution < 1.29 is 17.6 Å². The van der Waals surface area contributed by atoms with E-state index in [4.69, 9.17) is 16.5 Å². The van der Waals surface area contributed by atoms with Crippen molar-refractivity contribution in [1.29, 1.82) is 0 Å². The van der Waals surface area contributed by atoms with Gasteiger partial charge in [-0.15, -0.1) is 0 Å². The third-order valence-corrected chi connectivity index (χ3v) is 12.3. The number of amides is 1. The summed E-state index contributed by atoms with van der Waals surface area (Å²) in [5.41, 5.74) is 13.3. The number of carbonyl (C=O) groups excluding carboxylic acids is 1. The van der Waals surface area contributed by atoms with Crippen LogP contribution in [0, 0.1) is 17.3 Å². The number of sulfone groups is 1. The smallest absolute Gasteiger partial charge is 0.228 e. The summed E-state index contributed by atoms with van der Waals surface area (Å²) in [5.74, 6) is -0.960. The molecule has 3 heterocycles. The van der Waals surface area contributed by atoms with Gasteiger partial charge in [-0.05, 0) is 56.9 Å². The Morgan fingerprint density at radius 1 is 1.30 bits per heavy atom. The van der Waals surface area contributed by atoms with Crippen LogP contribution in [0.5, 0.6) is 0 Å². The van der Waals surface area contributed by atoms with Gasteiger partial charge in [0.25, 0.3) is 0 Å². The molecule has 0 radical (unpaired) electrons. The van der Waals surface area contributed by atoms with Crippen molar-refractivity contribution in [3.05, 3.63) is 23.7 Å². The second-order valence-electron chi connectivity index (χ2n) is 13.1. The first kappa shape index (κ1) is 31.1. The van der Waals surface area contributed by atoms with Crippen molar-refractivity contribution in [3.63, 3.8) is 0 Å². The minimum Gasteiger partial charge on any atom is -0.370 e. The zero-order valence-corrected chi connectivity index (χ0v) is 25.4. The monoisotopic (exact) mass is 580 g/mol. The average Bonchev–Trinajstić information content (AvgIpc) is 3.35. The summed E-state index contributed by atoms with van der Waals surface area (Å²) in [6, 6.07) is -0.986. The van der Waals surface area contributed by atoms with Crippen molar-refractivity contribution in [2.75, 3.05) is 25.4 Å². The molecule has 6 N–H and O–H groups in total. The van der Waals surface area contributed by atoms with Gasteiger partial charge in [-0.3, -0.25) is 9.79 Å². The molecule has 2 fully saturated rings. The summed E-state index contributed by atoms with van der Waals surface area (Å²) in [4.78, 5) is 20.8. The SMILES string of the molecule is CCC(C)C1C=C(N2CCS(=O)(=O)C(C)(C)C2)C(NC(=O)C(C(N)N)C2CC3(CC=C(F)CN2)CCCC3)C=N1. The lowest BCUT2D eigenvalue weighted by atomic mass is 9.73. The molecule has 1 saturated heterocycles. The topological polar surface area (TPSA) is 143 Å². The predicted molar refractivity (Wildman–Crippen MR) is 158 cm³/mol. The predicted octanol–water partition coefficient (Wildman–Crippen LogP) is 2.39. The molecule has 4 rings (SSSR count). The highest BCUT2D eigenvalue weighted by Crippen LogP contribution is 2.47. The number of allylic oxidation sites excluding steroid dienone is 1. The normalized spacial score (nSPS) is 31.2. The second-order valence-corrected chi connectivity index (χ2v) is 15.9. The van der Waals surface area contributed by atoms with E-state index in [1.54, 1.807) is 26.1 Å². The summed E-state index contributed by atoms with van der Waals surface area (Å²) >= 11 is 0. The van der Waals surface area contributed by atoms with Crippen LogP contribution < -0.4 is 22.1 Å². The van der Waals surface area contributed by atoms with Crippen molar-refractivity contribution in [3.8, 4) is 0 Å². The van der Waals surface area contributed by atoms with Gasteiger partial charge >= 0.3 is 0 Å². The molecule has 1 saturated carbocycles. The Balaban J connectivity index is 1.59. The van der Waals surface area contributed by atoms with Gasteiger partial charge in [-0.25, -0.2) is 12.8 Å². The lowest BCUT2D eigenvalue weighted by molar-refractivity contribution is -0.127. The van der Waals surface area contributed by atoms with Crippen LogP contribution in [-0.4, -0.2) is 79.9 Å². The van der Waals surface area contributed by atoms with Gasteiger partial charge in [-0.1, -0.05) is 39.2 Å². The highest BCUT2D eigenvalue weighted by atomic mass is 32.2. The molecule has 5 unspecified atom stereocenters. The summed E-state index contributed by atoms with van der Waals surface area (Å²) < 4.78 is 39.1. The Bertz CT molecular complexity index is 1130. The molecule has 0 aromatic rings. The van der Waals surface area contributed by atoms with Crippen LogP contribution in [0.4, 0.5) is 4.39 Å². The Morgan fingerprint density at radius 2 is 2.00 bits per heavy atom. The first-order chi connectivity index (χ1) is 18.8. The van der Waals surface area contributed by atoms with Crippen LogP contribution >= 0.6 is 0 Å². The molecule has 226 valence electrons. The van der Waals surface area contributed by atoms with E-state index in [2.05, 4.69) is 35.5 Å². The van der Waals surface area contributed by atoms with E-state index < -0.39 is 32.7 Å². The van der Waals surface area contributed by atoms with Gasteiger partial charge in [-0.2, -0.15) is 0 Å². The molecule has 5 atom stereocenters. The first-order valence-corrected chi connectivity index (χ1v) is 16.5. The van der Waals surface area contributed by atoms with Crippen molar-refractivity contribution in [2.45, 2.75) is 102 Å². The van der Waals surface area contributed by atoms with E-state index >= 15 is 0 Å². The number of hydrogen-bond donors (Lipinski definition) is 4. The van der Waals surface area contributed by atoms with E-state index in [0.29, 0.717) is 31.8 Å². The molecule has 40 heavy (non-hydrogen) atoms. The number of rotatable bonds is 7. The quantitative estimate of drug-likeness (QED) is 0.339. The molecule has 4 aliphatic rings. The van der Waals surface area contributed by atoms with Crippen molar-refractivity contribution in [1.82, 2.24) is 15.5 Å². The minimum atomic E-state index is -3.24. The molecule has 1 aliphatic carbocycles. The summed E-state index contributed by atoms with van der Waals surface area (Å²) in [6.07, 6.45) is 11.1. The van der Waals surface area contributed by atoms with E-state index in [0.717, 1.165) is 37.8 Å². The number of nitrogens with one attached hydrogen (secondary N) is 2. The Kier molecular flexibility index (Phi) is 9.49.